The minimum absolute atomic E-state index is 0.0631. The van der Waals surface area contributed by atoms with Crippen LogP contribution in [0, 0.1) is 11.8 Å². The number of carbonyl (C=O) groups excluding carboxylic acids is 3. The Labute approximate surface area is 387 Å². The van der Waals surface area contributed by atoms with E-state index in [1.54, 1.807) is 0 Å². The van der Waals surface area contributed by atoms with Crippen molar-refractivity contribution in [2.24, 2.45) is 11.8 Å². The van der Waals surface area contributed by atoms with Crippen LogP contribution in [0.3, 0.4) is 0 Å². The zero-order valence-corrected chi connectivity index (χ0v) is 42.5. The molecule has 2 atom stereocenters. The molecule has 0 radical (unpaired) electrons. The fraction of sp³-hybridized carbons (Fsp3) is 0.946. The van der Waals surface area contributed by atoms with Gasteiger partial charge in [0.25, 0.3) is 0 Å². The lowest BCUT2D eigenvalue weighted by atomic mass is 9.99. The van der Waals surface area contributed by atoms with Gasteiger partial charge < -0.3 is 14.2 Å². The average molecular weight is 877 g/mol. The summed E-state index contributed by atoms with van der Waals surface area (Å²) in [6, 6.07) is 0. The molecule has 0 saturated heterocycles. The number of hydrogen-bond acceptors (Lipinski definition) is 6. The molecule has 368 valence electrons. The molecule has 0 fully saturated rings. The minimum atomic E-state index is -0.762. The van der Waals surface area contributed by atoms with Crippen molar-refractivity contribution in [3.8, 4) is 0 Å². The first-order valence-corrected chi connectivity index (χ1v) is 27.8. The Bertz CT molecular complexity index is 949. The molecular weight excluding hydrogens is 769 g/mol. The first-order chi connectivity index (χ1) is 30.3. The van der Waals surface area contributed by atoms with Gasteiger partial charge in [0, 0.05) is 19.3 Å². The number of rotatable bonds is 50. The monoisotopic (exact) mass is 877 g/mol. The molecule has 62 heavy (non-hydrogen) atoms. The zero-order valence-electron chi connectivity index (χ0n) is 42.5. The average Bonchev–Trinajstić information content (AvgIpc) is 3.26. The van der Waals surface area contributed by atoms with Crippen molar-refractivity contribution in [1.29, 1.82) is 0 Å². The molecule has 1 unspecified atom stereocenters. The minimum Gasteiger partial charge on any atom is -0.462 e. The summed E-state index contributed by atoms with van der Waals surface area (Å²) in [5, 5.41) is 0. The molecule has 0 aromatic rings. The van der Waals surface area contributed by atoms with E-state index in [-0.39, 0.29) is 31.1 Å². The Morgan fingerprint density at radius 3 is 0.919 bits per heavy atom. The van der Waals surface area contributed by atoms with Crippen LogP contribution in [0.2, 0.25) is 0 Å². The third-order valence-corrected chi connectivity index (χ3v) is 13.1. The van der Waals surface area contributed by atoms with Crippen LogP contribution in [-0.4, -0.2) is 37.2 Å². The van der Waals surface area contributed by atoms with Crippen LogP contribution in [0.4, 0.5) is 0 Å². The highest BCUT2D eigenvalue weighted by Gasteiger charge is 2.19. The molecule has 0 rings (SSSR count). The number of esters is 3. The van der Waals surface area contributed by atoms with Crippen LogP contribution < -0.4 is 0 Å². The second kappa shape index (κ2) is 48.9. The molecule has 0 spiro atoms. The molecule has 0 bridgehead atoms. The molecule has 0 aliphatic heterocycles. The number of unbranched alkanes of at least 4 members (excludes halogenated alkanes) is 34. The quantitative estimate of drug-likeness (QED) is 0.0344. The number of ether oxygens (including phenoxy) is 3. The molecule has 0 saturated carbocycles. The maximum atomic E-state index is 12.8. The summed E-state index contributed by atoms with van der Waals surface area (Å²) < 4.78 is 16.9. The van der Waals surface area contributed by atoms with E-state index in [9.17, 15) is 14.4 Å². The highest BCUT2D eigenvalue weighted by molar-refractivity contribution is 5.71. The van der Waals surface area contributed by atoms with Gasteiger partial charge in [-0.25, -0.2) is 0 Å². The van der Waals surface area contributed by atoms with Crippen molar-refractivity contribution < 1.29 is 28.6 Å². The fourth-order valence-electron chi connectivity index (χ4n) is 8.49. The maximum absolute atomic E-state index is 12.8. The predicted molar refractivity (Wildman–Crippen MR) is 266 cm³/mol. The maximum Gasteiger partial charge on any atom is 0.306 e. The lowest BCUT2D eigenvalue weighted by molar-refractivity contribution is -0.167. The third kappa shape index (κ3) is 47.9. The smallest absolute Gasteiger partial charge is 0.306 e. The Morgan fingerprint density at radius 1 is 0.339 bits per heavy atom. The molecule has 0 aromatic carbocycles. The molecule has 0 heterocycles. The molecule has 6 heteroatoms. The largest absolute Gasteiger partial charge is 0.462 e. The van der Waals surface area contributed by atoms with Gasteiger partial charge in [0.1, 0.15) is 13.2 Å². The van der Waals surface area contributed by atoms with Crippen molar-refractivity contribution in [2.75, 3.05) is 13.2 Å². The second-order valence-corrected chi connectivity index (χ2v) is 19.9. The normalized spacial score (nSPS) is 12.5. The van der Waals surface area contributed by atoms with E-state index >= 15 is 0 Å². The Morgan fingerprint density at radius 2 is 0.613 bits per heavy atom. The second-order valence-electron chi connectivity index (χ2n) is 19.9. The Balaban J connectivity index is 4.28. The highest BCUT2D eigenvalue weighted by atomic mass is 16.6. The fourth-order valence-corrected chi connectivity index (χ4v) is 8.49. The molecular formula is C56H108O6. The summed E-state index contributed by atoms with van der Waals surface area (Å²) in [5.41, 5.74) is 0. The van der Waals surface area contributed by atoms with Gasteiger partial charge >= 0.3 is 17.9 Å². The van der Waals surface area contributed by atoms with Crippen LogP contribution >= 0.6 is 0 Å². The first kappa shape index (κ1) is 60.4. The lowest BCUT2D eigenvalue weighted by Gasteiger charge is -2.18. The van der Waals surface area contributed by atoms with E-state index in [1.165, 1.54) is 199 Å². The standard InChI is InChI=1S/C56H108O6/c1-6-8-9-10-11-12-13-21-26-31-36-41-46-54(57)60-49-53(62-56(59)48-43-38-33-28-23-18-19-24-29-34-39-44-51(3)4)50-61-55(58)47-42-37-32-27-22-17-15-14-16-20-25-30-35-40-45-52(5)7-2/h51-53H,6-50H2,1-5H3/t52?,53-/m0/s1. The topological polar surface area (TPSA) is 78.9 Å². The molecule has 0 aliphatic rings. The van der Waals surface area contributed by atoms with Gasteiger partial charge in [0.2, 0.25) is 0 Å². The summed E-state index contributed by atoms with van der Waals surface area (Å²) in [4.78, 5) is 38.0. The van der Waals surface area contributed by atoms with Gasteiger partial charge in [-0.05, 0) is 31.1 Å². The summed E-state index contributed by atoms with van der Waals surface area (Å²) in [6.45, 7) is 11.4. The van der Waals surface area contributed by atoms with Crippen molar-refractivity contribution in [3.05, 3.63) is 0 Å². The summed E-state index contributed by atoms with van der Waals surface area (Å²) in [5.74, 6) is 0.878. The van der Waals surface area contributed by atoms with Crippen LogP contribution in [0.1, 0.15) is 311 Å². The van der Waals surface area contributed by atoms with Gasteiger partial charge in [0.15, 0.2) is 6.10 Å². The van der Waals surface area contributed by atoms with Gasteiger partial charge in [-0.1, -0.05) is 272 Å². The first-order valence-electron chi connectivity index (χ1n) is 27.8. The van der Waals surface area contributed by atoms with Crippen molar-refractivity contribution in [2.45, 2.75) is 317 Å². The lowest BCUT2D eigenvalue weighted by Crippen LogP contribution is -2.30. The van der Waals surface area contributed by atoms with Crippen molar-refractivity contribution >= 4 is 17.9 Å². The molecule has 0 aliphatic carbocycles. The Kier molecular flexibility index (Phi) is 47.6. The summed E-state index contributed by atoms with van der Waals surface area (Å²) >= 11 is 0. The molecule has 0 N–H and O–H groups in total. The molecule has 0 aromatic heterocycles. The van der Waals surface area contributed by atoms with Gasteiger partial charge in [0.05, 0.1) is 0 Å². The van der Waals surface area contributed by atoms with Gasteiger partial charge in [-0.15, -0.1) is 0 Å². The van der Waals surface area contributed by atoms with Crippen LogP contribution in [-0.2, 0) is 28.6 Å². The van der Waals surface area contributed by atoms with E-state index in [4.69, 9.17) is 14.2 Å². The van der Waals surface area contributed by atoms with E-state index in [2.05, 4.69) is 34.6 Å². The summed E-state index contributed by atoms with van der Waals surface area (Å²) in [6.07, 6.45) is 50.8. The summed E-state index contributed by atoms with van der Waals surface area (Å²) in [7, 11) is 0. The van der Waals surface area contributed by atoms with Crippen LogP contribution in [0.25, 0.3) is 0 Å². The Hall–Kier alpha value is -1.59. The van der Waals surface area contributed by atoms with E-state index in [0.29, 0.717) is 19.3 Å². The predicted octanol–water partition coefficient (Wildman–Crippen LogP) is 18.1. The van der Waals surface area contributed by atoms with Crippen molar-refractivity contribution in [3.63, 3.8) is 0 Å². The van der Waals surface area contributed by atoms with Crippen LogP contribution in [0.5, 0.6) is 0 Å². The van der Waals surface area contributed by atoms with Crippen LogP contribution in [0.15, 0.2) is 0 Å². The molecule has 0 amide bonds. The third-order valence-electron chi connectivity index (χ3n) is 13.1. The van der Waals surface area contributed by atoms with Gasteiger partial charge in [-0.2, -0.15) is 0 Å². The zero-order chi connectivity index (χ0) is 45.4. The number of hydrogen-bond donors (Lipinski definition) is 0. The highest BCUT2D eigenvalue weighted by Crippen LogP contribution is 2.18. The number of carbonyl (C=O) groups is 3. The molecule has 6 nitrogen and oxygen atoms in total. The van der Waals surface area contributed by atoms with E-state index in [1.807, 2.05) is 0 Å². The van der Waals surface area contributed by atoms with E-state index < -0.39 is 6.10 Å². The van der Waals surface area contributed by atoms with Crippen molar-refractivity contribution in [1.82, 2.24) is 0 Å². The van der Waals surface area contributed by atoms with E-state index in [0.717, 1.165) is 69.6 Å². The SMILES string of the molecule is CCCCCCCCCCCCCCC(=O)OC[C@@H](COC(=O)CCCCCCCCCCCCCCCCC(C)CC)OC(=O)CCCCCCCCCCCCCC(C)C. The van der Waals surface area contributed by atoms with Gasteiger partial charge in [-0.3, -0.25) is 14.4 Å².